The topological polar surface area (TPSA) is 128 Å². The molecular formula is C42H42F3N7O4. The van der Waals surface area contributed by atoms with Crippen LogP contribution in [0.4, 0.5) is 19.0 Å². The molecule has 6 heterocycles. The number of benzene rings is 2. The van der Waals surface area contributed by atoms with Crippen LogP contribution in [0, 0.1) is 47.1 Å². The predicted octanol–water partition coefficient (Wildman–Crippen LogP) is 5.92. The van der Waals surface area contributed by atoms with E-state index in [9.17, 15) is 15.2 Å². The molecule has 1 N–H and O–H groups in total. The summed E-state index contributed by atoms with van der Waals surface area (Å²) in [5.74, 6) is 0.108. The Morgan fingerprint density at radius 3 is 2.70 bits per heavy atom. The highest BCUT2D eigenvalue weighted by atomic mass is 19.1. The number of aromatic hydroxyl groups is 1. The number of likely N-dealkylation sites (tertiary alicyclic amines) is 1. The number of amides is 1. The summed E-state index contributed by atoms with van der Waals surface area (Å²) in [5, 5.41) is 21.5. The number of anilines is 1. The number of halogens is 3. The number of pyridine rings is 1. The molecule has 1 unspecified atom stereocenters. The highest BCUT2D eigenvalue weighted by molar-refractivity contribution is 6.03. The Morgan fingerprint density at radius 1 is 1.20 bits per heavy atom. The minimum atomic E-state index is -1.07. The van der Waals surface area contributed by atoms with Gasteiger partial charge in [0.2, 0.25) is 5.91 Å². The van der Waals surface area contributed by atoms with Crippen molar-refractivity contribution >= 4 is 33.4 Å². The van der Waals surface area contributed by atoms with Gasteiger partial charge in [0.1, 0.15) is 41.4 Å². The number of rotatable bonds is 8. The zero-order valence-electron chi connectivity index (χ0n) is 31.2. The van der Waals surface area contributed by atoms with Crippen LogP contribution >= 0.6 is 0 Å². The number of carbonyl (C=O) groups excluding carboxylic acids is 1. The van der Waals surface area contributed by atoms with Gasteiger partial charge >= 0.3 is 6.01 Å². The van der Waals surface area contributed by atoms with E-state index < -0.39 is 35.3 Å². The molecule has 56 heavy (non-hydrogen) atoms. The first-order valence-electron chi connectivity index (χ1n) is 19.0. The normalized spacial score (nSPS) is 25.5. The van der Waals surface area contributed by atoms with E-state index in [2.05, 4.69) is 33.4 Å². The monoisotopic (exact) mass is 765 g/mol. The predicted molar refractivity (Wildman–Crippen MR) is 203 cm³/mol. The molecule has 0 spiro atoms. The van der Waals surface area contributed by atoms with E-state index in [1.807, 2.05) is 18.7 Å². The van der Waals surface area contributed by atoms with E-state index in [1.165, 1.54) is 36.5 Å². The van der Waals surface area contributed by atoms with Crippen LogP contribution in [0.15, 0.2) is 43.1 Å². The summed E-state index contributed by atoms with van der Waals surface area (Å²) in [4.78, 5) is 32.7. The lowest BCUT2D eigenvalue weighted by Gasteiger charge is -2.46. The van der Waals surface area contributed by atoms with Crippen LogP contribution < -0.4 is 9.64 Å². The quantitative estimate of drug-likeness (QED) is 0.171. The summed E-state index contributed by atoms with van der Waals surface area (Å²) < 4.78 is 59.8. The van der Waals surface area contributed by atoms with E-state index in [1.54, 1.807) is 4.90 Å². The molecule has 8 rings (SSSR count). The first kappa shape index (κ1) is 37.5. The van der Waals surface area contributed by atoms with Crippen molar-refractivity contribution in [3.05, 3.63) is 60.3 Å². The molecule has 2 bridgehead atoms. The first-order valence-corrected chi connectivity index (χ1v) is 19.0. The number of piperazine rings is 1. The number of terminal acetylenes is 1. The lowest BCUT2D eigenvalue weighted by atomic mass is 9.83. The molecule has 11 nitrogen and oxygen atoms in total. The van der Waals surface area contributed by atoms with Crippen LogP contribution in [0.2, 0.25) is 0 Å². The van der Waals surface area contributed by atoms with Crippen molar-refractivity contribution in [1.29, 1.82) is 5.26 Å². The zero-order valence-corrected chi connectivity index (χ0v) is 31.2. The smallest absolute Gasteiger partial charge is 0.319 e. The Balaban J connectivity index is 1.26. The molecule has 4 fully saturated rings. The van der Waals surface area contributed by atoms with Gasteiger partial charge in [0.25, 0.3) is 0 Å². The van der Waals surface area contributed by atoms with Gasteiger partial charge in [-0.25, -0.2) is 13.2 Å². The second-order valence-corrected chi connectivity index (χ2v) is 15.6. The minimum Gasteiger partial charge on any atom is -0.508 e. The number of hydrogen-bond donors (Lipinski definition) is 1. The Morgan fingerprint density at radius 2 is 1.98 bits per heavy atom. The number of nitriles is 1. The third-order valence-corrected chi connectivity index (χ3v) is 12.3. The van der Waals surface area contributed by atoms with E-state index in [0.717, 1.165) is 12.8 Å². The number of carbonyl (C=O) groups is 1. The maximum atomic E-state index is 17.2. The Kier molecular flexibility index (Phi) is 9.75. The molecule has 5 atom stereocenters. The molecule has 1 amide bonds. The zero-order chi connectivity index (χ0) is 39.5. The molecular weight excluding hydrogens is 724 g/mol. The lowest BCUT2D eigenvalue weighted by molar-refractivity contribution is -0.129. The number of hydrogen-bond acceptors (Lipinski definition) is 10. The fraction of sp³-hybridized carbons (Fsp3) is 0.452. The number of phenolic OH excluding ortho intramolecular Hbond substituents is 1. The average Bonchev–Trinajstić information content (AvgIpc) is 3.66. The number of phenols is 1. The highest BCUT2D eigenvalue weighted by Crippen LogP contribution is 2.44. The fourth-order valence-electron chi connectivity index (χ4n) is 9.52. The standard InChI is InChI=1S/C42H42F3N7O4/c1-5-30-33(44)8-7-24-14-29(53)15-31(36(24)30)38-37(45)39-32(18-47-38)40(50-20-28-13-25(17-46)34(21-50)52(28)35(54)6-2)49-41(48-39)56-22-42(23(3)4)16-26(43)19-51(42)27-9-11-55-12-10-27/h1,6-8,14-15,18,23,25-28,34,53H,2,9-13,16,19-22H2,3-4H3/t25?,26-,28-,34-,42+/m1/s1. The molecule has 0 saturated carbocycles. The van der Waals surface area contributed by atoms with E-state index in [0.29, 0.717) is 25.0 Å². The summed E-state index contributed by atoms with van der Waals surface area (Å²) in [6.07, 6.45) is 9.52. The van der Waals surface area contributed by atoms with Gasteiger partial charge < -0.3 is 24.4 Å². The SMILES string of the molecule is C#Cc1c(F)ccc2cc(O)cc(-c3ncc4c(N5C[C@H]6CC(C#N)[C@@H](C5)N6C(=O)C=C)nc(OC[C@]5(C(C)C)C[C@@H](F)CN5C5CCOCC5)nc4c3F)c12. The third-order valence-electron chi connectivity index (χ3n) is 12.3. The van der Waals surface area contributed by atoms with Gasteiger partial charge in [-0.1, -0.05) is 32.4 Å². The van der Waals surface area contributed by atoms with Crippen LogP contribution in [-0.2, 0) is 9.53 Å². The van der Waals surface area contributed by atoms with Crippen molar-refractivity contribution in [3.8, 4) is 41.4 Å². The van der Waals surface area contributed by atoms with Crippen LogP contribution in [0.1, 0.15) is 45.1 Å². The van der Waals surface area contributed by atoms with E-state index >= 15 is 13.2 Å². The Bertz CT molecular complexity index is 2320. The fourth-order valence-corrected chi connectivity index (χ4v) is 9.52. The molecule has 2 aromatic heterocycles. The van der Waals surface area contributed by atoms with Gasteiger partial charge in [-0.3, -0.25) is 14.7 Å². The molecule has 4 aliphatic heterocycles. The number of aromatic nitrogens is 3. The largest absolute Gasteiger partial charge is 0.508 e. The summed E-state index contributed by atoms with van der Waals surface area (Å²) in [5.41, 5.74) is -1.16. The van der Waals surface area contributed by atoms with Crippen molar-refractivity contribution in [1.82, 2.24) is 24.8 Å². The van der Waals surface area contributed by atoms with E-state index in [4.69, 9.17) is 20.9 Å². The van der Waals surface area contributed by atoms with Crippen LogP contribution in [0.25, 0.3) is 32.9 Å². The third kappa shape index (κ3) is 6.16. The van der Waals surface area contributed by atoms with Crippen molar-refractivity contribution < 1.29 is 32.5 Å². The van der Waals surface area contributed by atoms with Gasteiger partial charge in [-0.2, -0.15) is 15.2 Å². The van der Waals surface area contributed by atoms with E-state index in [-0.39, 0.29) is 107 Å². The summed E-state index contributed by atoms with van der Waals surface area (Å²) in [7, 11) is 0. The molecule has 14 heteroatoms. The maximum Gasteiger partial charge on any atom is 0.319 e. The maximum absolute atomic E-state index is 17.2. The second kappa shape index (κ2) is 14.6. The van der Waals surface area contributed by atoms with Gasteiger partial charge in [-0.05, 0) is 54.8 Å². The molecule has 4 aromatic rings. The number of nitrogens with zero attached hydrogens (tertiary/aromatic N) is 7. The average molecular weight is 766 g/mol. The molecule has 0 aliphatic carbocycles. The van der Waals surface area contributed by atoms with Crippen molar-refractivity contribution in [2.45, 2.75) is 69.4 Å². The second-order valence-electron chi connectivity index (χ2n) is 15.6. The number of ether oxygens (including phenoxy) is 2. The molecule has 0 radical (unpaired) electrons. The van der Waals surface area contributed by atoms with Crippen LogP contribution in [0.3, 0.4) is 0 Å². The number of fused-ring (bicyclic) bond motifs is 4. The summed E-state index contributed by atoms with van der Waals surface area (Å²) in [6, 6.07) is 6.78. The Labute approximate surface area is 322 Å². The minimum absolute atomic E-state index is 0.0261. The van der Waals surface area contributed by atoms with Crippen molar-refractivity contribution in [2.24, 2.45) is 11.8 Å². The van der Waals surface area contributed by atoms with Gasteiger partial charge in [0.05, 0.1) is 40.6 Å². The molecule has 4 aliphatic rings. The first-order chi connectivity index (χ1) is 27.0. The Hall–Kier alpha value is -5.44. The molecule has 4 saturated heterocycles. The molecule has 2 aromatic carbocycles. The molecule has 290 valence electrons. The lowest BCUT2D eigenvalue weighted by Crippen LogP contribution is -2.57. The van der Waals surface area contributed by atoms with Crippen LogP contribution in [0.5, 0.6) is 11.8 Å². The van der Waals surface area contributed by atoms with Crippen molar-refractivity contribution in [2.75, 3.05) is 44.4 Å². The van der Waals surface area contributed by atoms with Gasteiger partial charge in [0.15, 0.2) is 5.82 Å². The van der Waals surface area contributed by atoms with Crippen molar-refractivity contribution in [3.63, 3.8) is 0 Å². The van der Waals surface area contributed by atoms with Gasteiger partial charge in [-0.15, -0.1) is 6.42 Å². The highest BCUT2D eigenvalue weighted by Gasteiger charge is 2.52. The summed E-state index contributed by atoms with van der Waals surface area (Å²) in [6.45, 7) is 9.68. The van der Waals surface area contributed by atoms with Crippen LogP contribution in [-0.4, -0.2) is 105 Å². The summed E-state index contributed by atoms with van der Waals surface area (Å²) >= 11 is 0. The van der Waals surface area contributed by atoms with Gasteiger partial charge in [0, 0.05) is 62.5 Å². The number of alkyl halides is 1.